The van der Waals surface area contributed by atoms with Crippen molar-refractivity contribution in [2.24, 2.45) is 0 Å². The molecule has 0 aliphatic carbocycles. The van der Waals surface area contributed by atoms with Crippen molar-refractivity contribution in [2.45, 2.75) is 25.4 Å². The number of hydrogen-bond donors (Lipinski definition) is 1. The van der Waals surface area contributed by atoms with Crippen molar-refractivity contribution >= 4 is 11.2 Å². The van der Waals surface area contributed by atoms with E-state index in [4.69, 9.17) is 0 Å². The van der Waals surface area contributed by atoms with Crippen molar-refractivity contribution in [2.75, 3.05) is 6.54 Å². The Kier molecular flexibility index (Phi) is 2.10. The van der Waals surface area contributed by atoms with Gasteiger partial charge in [0.05, 0.1) is 6.54 Å². The highest BCUT2D eigenvalue weighted by Gasteiger charge is 2.16. The Hall–Kier alpha value is -1.49. The molecule has 0 bridgehead atoms. The van der Waals surface area contributed by atoms with Gasteiger partial charge >= 0.3 is 0 Å². The number of pyridine rings is 1. The molecule has 1 aliphatic rings. The number of nitrogens with zero attached hydrogens (tertiary/aromatic N) is 4. The molecular formula is C10H13N5. The van der Waals surface area contributed by atoms with Crippen molar-refractivity contribution in [3.63, 3.8) is 0 Å². The van der Waals surface area contributed by atoms with E-state index >= 15 is 0 Å². The number of aromatic nitrogens is 4. The van der Waals surface area contributed by atoms with Gasteiger partial charge < -0.3 is 5.32 Å². The highest BCUT2D eigenvalue weighted by atomic mass is 15.4. The van der Waals surface area contributed by atoms with Crippen LogP contribution in [-0.2, 0) is 6.54 Å². The van der Waals surface area contributed by atoms with Crippen LogP contribution >= 0.6 is 0 Å². The number of fused-ring (bicyclic) bond motifs is 1. The predicted molar refractivity (Wildman–Crippen MR) is 56.3 cm³/mol. The van der Waals surface area contributed by atoms with Crippen LogP contribution in [0.25, 0.3) is 11.2 Å². The van der Waals surface area contributed by atoms with E-state index < -0.39 is 0 Å². The molecule has 0 aromatic carbocycles. The number of hydrogen-bond acceptors (Lipinski definition) is 4. The molecule has 1 fully saturated rings. The summed E-state index contributed by atoms with van der Waals surface area (Å²) >= 11 is 0. The van der Waals surface area contributed by atoms with Gasteiger partial charge in [0.2, 0.25) is 0 Å². The molecule has 1 atom stereocenters. The fourth-order valence-corrected chi connectivity index (χ4v) is 2.05. The predicted octanol–water partition coefficient (Wildman–Crippen LogP) is 0.578. The van der Waals surface area contributed by atoms with Crippen LogP contribution in [0.2, 0.25) is 0 Å². The molecule has 3 rings (SSSR count). The van der Waals surface area contributed by atoms with Crippen LogP contribution in [0.5, 0.6) is 0 Å². The van der Waals surface area contributed by atoms with Gasteiger partial charge in [-0.15, -0.1) is 5.10 Å². The third kappa shape index (κ3) is 1.59. The second kappa shape index (κ2) is 3.58. The maximum absolute atomic E-state index is 4.29. The molecule has 2 aromatic rings. The minimum atomic E-state index is 0.525. The highest BCUT2D eigenvalue weighted by molar-refractivity contribution is 5.68. The second-order valence-electron chi connectivity index (χ2n) is 3.91. The Morgan fingerprint density at radius 1 is 1.53 bits per heavy atom. The third-order valence-electron chi connectivity index (χ3n) is 2.83. The molecule has 3 heterocycles. The molecule has 2 aromatic heterocycles. The Labute approximate surface area is 87.5 Å². The van der Waals surface area contributed by atoms with Crippen LogP contribution in [0.4, 0.5) is 0 Å². The molecule has 15 heavy (non-hydrogen) atoms. The first-order valence-electron chi connectivity index (χ1n) is 5.31. The summed E-state index contributed by atoms with van der Waals surface area (Å²) in [5.74, 6) is 0. The van der Waals surface area contributed by atoms with Gasteiger partial charge in [-0.25, -0.2) is 9.67 Å². The van der Waals surface area contributed by atoms with Gasteiger partial charge in [0.15, 0.2) is 5.65 Å². The molecule has 0 saturated carbocycles. The lowest BCUT2D eigenvalue weighted by atomic mass is 10.2. The van der Waals surface area contributed by atoms with E-state index in [1.807, 2.05) is 16.8 Å². The van der Waals surface area contributed by atoms with E-state index in [1.54, 1.807) is 6.20 Å². The first kappa shape index (κ1) is 8.79. The molecule has 0 radical (unpaired) electrons. The quantitative estimate of drug-likeness (QED) is 0.775. The summed E-state index contributed by atoms with van der Waals surface area (Å²) < 4.78 is 1.89. The van der Waals surface area contributed by atoms with Crippen LogP contribution in [-0.4, -0.2) is 32.6 Å². The molecular weight excluding hydrogens is 190 g/mol. The smallest absolute Gasteiger partial charge is 0.178 e. The zero-order valence-corrected chi connectivity index (χ0v) is 8.43. The average Bonchev–Trinajstić information content (AvgIpc) is 2.89. The van der Waals surface area contributed by atoms with Gasteiger partial charge in [-0.05, 0) is 31.5 Å². The van der Waals surface area contributed by atoms with Crippen molar-refractivity contribution in [3.05, 3.63) is 18.3 Å². The maximum atomic E-state index is 4.29. The fraction of sp³-hybridized carbons (Fsp3) is 0.500. The minimum absolute atomic E-state index is 0.525. The standard InChI is InChI=1S/C10H13N5/c1-3-8(11-5-1)7-15-10-9(13-14-15)4-2-6-12-10/h2,4,6,8,11H,1,3,5,7H2. The molecule has 5 nitrogen and oxygen atoms in total. The van der Waals surface area contributed by atoms with Gasteiger partial charge in [0.1, 0.15) is 5.52 Å². The first-order valence-corrected chi connectivity index (χ1v) is 5.31. The monoisotopic (exact) mass is 203 g/mol. The zero-order chi connectivity index (χ0) is 10.1. The minimum Gasteiger partial charge on any atom is -0.312 e. The molecule has 5 heteroatoms. The van der Waals surface area contributed by atoms with Crippen molar-refractivity contribution < 1.29 is 0 Å². The molecule has 1 aliphatic heterocycles. The molecule has 0 amide bonds. The lowest BCUT2D eigenvalue weighted by Crippen LogP contribution is -2.27. The summed E-state index contributed by atoms with van der Waals surface area (Å²) in [7, 11) is 0. The van der Waals surface area contributed by atoms with Crippen LogP contribution in [0.1, 0.15) is 12.8 Å². The molecule has 1 saturated heterocycles. The Morgan fingerprint density at radius 2 is 2.53 bits per heavy atom. The van der Waals surface area contributed by atoms with E-state index in [0.29, 0.717) is 6.04 Å². The van der Waals surface area contributed by atoms with Gasteiger partial charge in [-0.3, -0.25) is 0 Å². The van der Waals surface area contributed by atoms with E-state index in [2.05, 4.69) is 20.6 Å². The van der Waals surface area contributed by atoms with E-state index in [1.165, 1.54) is 12.8 Å². The Morgan fingerprint density at radius 3 is 3.40 bits per heavy atom. The van der Waals surface area contributed by atoms with Crippen LogP contribution < -0.4 is 5.32 Å². The molecule has 0 spiro atoms. The van der Waals surface area contributed by atoms with Crippen LogP contribution in [0.3, 0.4) is 0 Å². The highest BCUT2D eigenvalue weighted by Crippen LogP contribution is 2.11. The summed E-state index contributed by atoms with van der Waals surface area (Å²) in [6, 6.07) is 4.35. The van der Waals surface area contributed by atoms with Gasteiger partial charge in [-0.1, -0.05) is 5.21 Å². The Balaban J connectivity index is 1.90. The largest absolute Gasteiger partial charge is 0.312 e. The number of nitrogens with one attached hydrogen (secondary N) is 1. The Bertz CT molecular complexity index is 458. The lowest BCUT2D eigenvalue weighted by molar-refractivity contribution is 0.474. The van der Waals surface area contributed by atoms with Crippen molar-refractivity contribution in [1.29, 1.82) is 0 Å². The molecule has 1 N–H and O–H groups in total. The first-order chi connectivity index (χ1) is 7.43. The molecule has 1 unspecified atom stereocenters. The maximum Gasteiger partial charge on any atom is 0.178 e. The summed E-state index contributed by atoms with van der Waals surface area (Å²) in [5, 5.41) is 11.6. The van der Waals surface area contributed by atoms with Gasteiger partial charge in [-0.2, -0.15) is 0 Å². The lowest BCUT2D eigenvalue weighted by Gasteiger charge is -2.09. The summed E-state index contributed by atoms with van der Waals surface area (Å²) in [4.78, 5) is 4.29. The zero-order valence-electron chi connectivity index (χ0n) is 8.43. The van der Waals surface area contributed by atoms with Crippen molar-refractivity contribution in [1.82, 2.24) is 25.3 Å². The summed E-state index contributed by atoms with van der Waals surface area (Å²) in [6.45, 7) is 1.98. The topological polar surface area (TPSA) is 55.6 Å². The van der Waals surface area contributed by atoms with E-state index in [-0.39, 0.29) is 0 Å². The van der Waals surface area contributed by atoms with E-state index in [9.17, 15) is 0 Å². The summed E-state index contributed by atoms with van der Waals surface area (Å²) in [6.07, 6.45) is 4.25. The van der Waals surface area contributed by atoms with Crippen LogP contribution in [0, 0.1) is 0 Å². The van der Waals surface area contributed by atoms with Crippen molar-refractivity contribution in [3.8, 4) is 0 Å². The third-order valence-corrected chi connectivity index (χ3v) is 2.83. The average molecular weight is 203 g/mol. The summed E-state index contributed by atoms with van der Waals surface area (Å²) in [5.41, 5.74) is 1.75. The van der Waals surface area contributed by atoms with Gasteiger partial charge in [0.25, 0.3) is 0 Å². The molecule has 78 valence electrons. The van der Waals surface area contributed by atoms with E-state index in [0.717, 1.165) is 24.3 Å². The normalized spacial score (nSPS) is 21.2. The van der Waals surface area contributed by atoms with Crippen LogP contribution in [0.15, 0.2) is 18.3 Å². The SMILES string of the molecule is c1cnc2c(c1)nnn2CC1CCCN1. The van der Waals surface area contributed by atoms with Gasteiger partial charge in [0, 0.05) is 12.2 Å². The fourth-order valence-electron chi connectivity index (χ4n) is 2.05. The number of rotatable bonds is 2. The second-order valence-corrected chi connectivity index (χ2v) is 3.91.